The molecule has 21 heavy (non-hydrogen) atoms. The Hall–Kier alpha value is -1.90. The Morgan fingerprint density at radius 3 is 2.52 bits per heavy atom. The number of aromatic nitrogens is 2. The van der Waals surface area contributed by atoms with Gasteiger partial charge < -0.3 is 5.11 Å². The molecule has 2 rings (SSSR count). The van der Waals surface area contributed by atoms with Crippen LogP contribution in [0.3, 0.4) is 0 Å². The Labute approximate surface area is 123 Å². The van der Waals surface area contributed by atoms with Gasteiger partial charge in [-0.25, -0.2) is 4.39 Å². The summed E-state index contributed by atoms with van der Waals surface area (Å²) < 4.78 is 52.3. The van der Waals surface area contributed by atoms with E-state index >= 15 is 0 Å². The molecule has 0 spiro atoms. The molecule has 0 aliphatic carbocycles. The Kier molecular flexibility index (Phi) is 3.79. The molecule has 1 aromatic heterocycles. The average Bonchev–Trinajstić information content (AvgIpc) is 2.36. The van der Waals surface area contributed by atoms with Crippen molar-refractivity contribution < 1.29 is 22.7 Å². The van der Waals surface area contributed by atoms with Gasteiger partial charge in [-0.2, -0.15) is 23.0 Å². The first-order chi connectivity index (χ1) is 9.62. The van der Waals surface area contributed by atoms with Crippen molar-refractivity contribution in [3.63, 3.8) is 0 Å². The monoisotopic (exact) mass is 366 g/mol. The minimum Gasteiger partial charge on any atom is -0.507 e. The zero-order valence-corrected chi connectivity index (χ0v) is 12.0. The van der Waals surface area contributed by atoms with Crippen LogP contribution in [0.25, 0.3) is 5.69 Å². The summed E-state index contributed by atoms with van der Waals surface area (Å²) in [6, 6.07) is 1.77. The van der Waals surface area contributed by atoms with Crippen molar-refractivity contribution in [3.8, 4) is 11.4 Å². The van der Waals surface area contributed by atoms with Gasteiger partial charge >= 0.3 is 6.18 Å². The number of benzene rings is 1. The number of hydrogen-bond donors (Lipinski definition) is 1. The van der Waals surface area contributed by atoms with Gasteiger partial charge in [-0.3, -0.25) is 4.79 Å². The fourth-order valence-corrected chi connectivity index (χ4v) is 2.00. The molecule has 1 aromatic carbocycles. The first-order valence-corrected chi connectivity index (χ1v) is 6.26. The van der Waals surface area contributed by atoms with Crippen LogP contribution in [0.1, 0.15) is 11.1 Å². The molecule has 0 saturated carbocycles. The van der Waals surface area contributed by atoms with Crippen molar-refractivity contribution in [2.75, 3.05) is 0 Å². The van der Waals surface area contributed by atoms with Crippen molar-refractivity contribution in [1.29, 1.82) is 0 Å². The van der Waals surface area contributed by atoms with E-state index in [1.807, 2.05) is 0 Å². The fraction of sp³-hybridized carbons (Fsp3) is 0.167. The van der Waals surface area contributed by atoms with E-state index < -0.39 is 34.4 Å². The predicted molar refractivity (Wildman–Crippen MR) is 68.9 cm³/mol. The van der Waals surface area contributed by atoms with Gasteiger partial charge in [0.15, 0.2) is 0 Å². The Morgan fingerprint density at radius 1 is 1.33 bits per heavy atom. The van der Waals surface area contributed by atoms with E-state index in [1.54, 1.807) is 0 Å². The highest BCUT2D eigenvalue weighted by Crippen LogP contribution is 2.31. The number of phenols is 1. The van der Waals surface area contributed by atoms with Crippen LogP contribution in [0.15, 0.2) is 27.6 Å². The molecular formula is C12H7BrF4N2O2. The second-order valence-corrected chi connectivity index (χ2v) is 5.01. The van der Waals surface area contributed by atoms with E-state index in [-0.39, 0.29) is 10.2 Å². The number of alkyl halides is 3. The second-order valence-electron chi connectivity index (χ2n) is 4.15. The molecule has 0 unspecified atom stereocenters. The fourth-order valence-electron chi connectivity index (χ4n) is 1.69. The molecule has 0 aliphatic rings. The van der Waals surface area contributed by atoms with E-state index in [9.17, 15) is 27.5 Å². The molecule has 1 N–H and O–H groups in total. The highest BCUT2D eigenvalue weighted by molar-refractivity contribution is 9.10. The summed E-state index contributed by atoms with van der Waals surface area (Å²) in [4.78, 5) is 11.9. The van der Waals surface area contributed by atoms with Gasteiger partial charge in [0, 0.05) is 11.6 Å². The molecular weight excluding hydrogens is 360 g/mol. The summed E-state index contributed by atoms with van der Waals surface area (Å²) in [6.45, 7) is 0.972. The van der Waals surface area contributed by atoms with Crippen LogP contribution in [-0.2, 0) is 6.18 Å². The molecule has 2 aromatic rings. The number of phenolic OH excluding ortho intramolecular Hbond substituents is 1. The molecule has 0 atom stereocenters. The Bertz CT molecular complexity index is 771. The summed E-state index contributed by atoms with van der Waals surface area (Å²) >= 11 is 2.88. The van der Waals surface area contributed by atoms with Crippen molar-refractivity contribution in [2.24, 2.45) is 0 Å². The van der Waals surface area contributed by atoms with Crippen LogP contribution in [0.4, 0.5) is 17.6 Å². The van der Waals surface area contributed by atoms with Gasteiger partial charge in [0.25, 0.3) is 5.56 Å². The summed E-state index contributed by atoms with van der Waals surface area (Å²) in [5.74, 6) is -1.30. The van der Waals surface area contributed by atoms with Gasteiger partial charge in [-0.15, -0.1) is 0 Å². The van der Waals surface area contributed by atoms with Crippen LogP contribution in [0.2, 0.25) is 0 Å². The summed E-state index contributed by atoms with van der Waals surface area (Å²) in [5, 5.41) is 12.8. The highest BCUT2D eigenvalue weighted by atomic mass is 79.9. The van der Waals surface area contributed by atoms with Gasteiger partial charge in [0.05, 0.1) is 16.2 Å². The van der Waals surface area contributed by atoms with E-state index in [2.05, 4.69) is 21.0 Å². The molecule has 0 radical (unpaired) electrons. The third-order valence-electron chi connectivity index (χ3n) is 2.77. The molecule has 9 heteroatoms. The van der Waals surface area contributed by atoms with E-state index in [4.69, 9.17) is 0 Å². The van der Waals surface area contributed by atoms with Gasteiger partial charge in [-0.05, 0) is 28.9 Å². The zero-order valence-electron chi connectivity index (χ0n) is 10.4. The van der Waals surface area contributed by atoms with Crippen LogP contribution >= 0.6 is 15.9 Å². The number of rotatable bonds is 1. The quantitative estimate of drug-likeness (QED) is 0.788. The first kappa shape index (κ1) is 15.5. The third kappa shape index (κ3) is 2.78. The van der Waals surface area contributed by atoms with Crippen molar-refractivity contribution in [1.82, 2.24) is 9.78 Å². The molecule has 112 valence electrons. The molecule has 0 bridgehead atoms. The summed E-state index contributed by atoms with van der Waals surface area (Å²) in [6.07, 6.45) is -4.29. The largest absolute Gasteiger partial charge is 0.507 e. The maximum Gasteiger partial charge on any atom is 0.418 e. The number of aromatic hydroxyl groups is 1. The molecule has 0 fully saturated rings. The molecule has 0 aliphatic heterocycles. The highest BCUT2D eigenvalue weighted by Gasteiger charge is 2.34. The molecule has 1 heterocycles. The van der Waals surface area contributed by atoms with E-state index in [0.717, 1.165) is 19.1 Å². The van der Waals surface area contributed by atoms with Crippen LogP contribution in [0.5, 0.6) is 5.75 Å². The lowest BCUT2D eigenvalue weighted by molar-refractivity contribution is -0.138. The van der Waals surface area contributed by atoms with Crippen LogP contribution < -0.4 is 5.56 Å². The lowest BCUT2D eigenvalue weighted by Gasteiger charge is -2.12. The van der Waals surface area contributed by atoms with Crippen LogP contribution in [0, 0.1) is 12.7 Å². The summed E-state index contributed by atoms with van der Waals surface area (Å²) in [7, 11) is 0. The van der Waals surface area contributed by atoms with E-state index in [0.29, 0.717) is 10.9 Å². The lowest BCUT2D eigenvalue weighted by atomic mass is 10.2. The molecule has 0 saturated heterocycles. The molecule has 0 amide bonds. The average molecular weight is 367 g/mol. The number of hydrogen-bond acceptors (Lipinski definition) is 3. The Balaban J connectivity index is 2.71. The smallest absolute Gasteiger partial charge is 0.418 e. The molecule has 4 nitrogen and oxygen atoms in total. The maximum absolute atomic E-state index is 13.8. The lowest BCUT2D eigenvalue weighted by Crippen LogP contribution is -2.27. The second kappa shape index (κ2) is 5.14. The standard InChI is InChI=1S/C12H7BrF4N2O2/c1-5-6(12(15,16)17)4-18-19(11(5)21)9-3-10(20)7(13)2-8(9)14/h2-4,20H,1H3. The Morgan fingerprint density at radius 2 is 1.95 bits per heavy atom. The predicted octanol–water partition coefficient (Wildman–Crippen LogP) is 3.17. The van der Waals surface area contributed by atoms with Gasteiger partial charge in [0.1, 0.15) is 17.3 Å². The zero-order chi connectivity index (χ0) is 15.9. The SMILES string of the molecule is Cc1c(C(F)(F)F)cnn(-c2cc(O)c(Br)cc2F)c1=O. The first-order valence-electron chi connectivity index (χ1n) is 5.47. The van der Waals surface area contributed by atoms with E-state index in [1.165, 1.54) is 0 Å². The van der Waals surface area contributed by atoms with Crippen molar-refractivity contribution in [3.05, 3.63) is 50.1 Å². The topological polar surface area (TPSA) is 55.1 Å². The minimum atomic E-state index is -4.73. The normalized spacial score (nSPS) is 11.7. The van der Waals surface area contributed by atoms with Gasteiger partial charge in [-0.1, -0.05) is 0 Å². The summed E-state index contributed by atoms with van der Waals surface area (Å²) in [5.41, 5.74) is -3.37. The number of nitrogens with zero attached hydrogens (tertiary/aromatic N) is 2. The van der Waals surface area contributed by atoms with Crippen LogP contribution in [-0.4, -0.2) is 14.9 Å². The van der Waals surface area contributed by atoms with Gasteiger partial charge in [0.2, 0.25) is 0 Å². The minimum absolute atomic E-state index is 0.0421. The van der Waals surface area contributed by atoms with Crippen molar-refractivity contribution in [2.45, 2.75) is 13.1 Å². The number of halogens is 5. The van der Waals surface area contributed by atoms with Crippen molar-refractivity contribution >= 4 is 15.9 Å². The maximum atomic E-state index is 13.8. The third-order valence-corrected chi connectivity index (χ3v) is 3.40.